The minimum Gasteiger partial charge on any atom is -0.330 e. The molecule has 0 spiro atoms. The van der Waals surface area contributed by atoms with Crippen LogP contribution in [0.25, 0.3) is 0 Å². The molecule has 0 rings (SSSR count). The Hall–Kier alpha value is -1.14. The number of hydrogen-bond donors (Lipinski definition) is 4. The van der Waals surface area contributed by atoms with Crippen LogP contribution in [0.5, 0.6) is 0 Å². The van der Waals surface area contributed by atoms with Crippen LogP contribution in [0.3, 0.4) is 0 Å². The highest BCUT2D eigenvalue weighted by Crippen LogP contribution is 1.74. The number of hydrogen-bond acceptors (Lipinski definition) is 4. The molecule has 0 saturated carbocycles. The lowest BCUT2D eigenvalue weighted by molar-refractivity contribution is -0.128. The summed E-state index contributed by atoms with van der Waals surface area (Å²) in [6, 6.07) is 0. The predicted molar refractivity (Wildman–Crippen MR) is 43.6 cm³/mol. The number of hydrazine groups is 1. The fourth-order valence-corrected chi connectivity index (χ4v) is 0.527. The zero-order valence-electron chi connectivity index (χ0n) is 6.80. The van der Waals surface area contributed by atoms with Gasteiger partial charge in [-0.25, -0.2) is 0 Å². The largest absolute Gasteiger partial charge is 0.330 e. The minimum absolute atomic E-state index is 0.197. The van der Waals surface area contributed by atoms with Gasteiger partial charge in [-0.3, -0.25) is 20.4 Å². The van der Waals surface area contributed by atoms with Crippen LogP contribution >= 0.6 is 0 Å². The Labute approximate surface area is 70.6 Å². The van der Waals surface area contributed by atoms with E-state index in [2.05, 4.69) is 10.9 Å². The second kappa shape index (κ2) is 6.56. The second-order valence-electron chi connectivity index (χ2n) is 2.17. The number of nitrogens with two attached hydrogens (primary N) is 2. The highest BCUT2D eigenvalue weighted by molar-refractivity contribution is 5.81. The molecule has 0 fully saturated rings. The van der Waals surface area contributed by atoms with Crippen LogP contribution in [0.15, 0.2) is 0 Å². The van der Waals surface area contributed by atoms with Gasteiger partial charge in [0.15, 0.2) is 0 Å². The van der Waals surface area contributed by atoms with Crippen molar-refractivity contribution in [3.05, 3.63) is 0 Å². The molecule has 0 radical (unpaired) electrons. The average molecular weight is 174 g/mol. The Morgan fingerprint density at radius 2 is 1.25 bits per heavy atom. The minimum atomic E-state index is -0.303. The monoisotopic (exact) mass is 174 g/mol. The van der Waals surface area contributed by atoms with Crippen molar-refractivity contribution in [3.8, 4) is 0 Å². The molecule has 6 nitrogen and oxygen atoms in total. The number of carbonyl (C=O) groups is 2. The lowest BCUT2D eigenvalue weighted by Crippen LogP contribution is -2.42. The maximum atomic E-state index is 10.7. The molecule has 0 aromatic heterocycles. The van der Waals surface area contributed by atoms with E-state index in [1.807, 2.05) is 0 Å². The highest BCUT2D eigenvalue weighted by atomic mass is 16.2. The van der Waals surface area contributed by atoms with Crippen LogP contribution in [0, 0.1) is 0 Å². The van der Waals surface area contributed by atoms with Crippen LogP contribution in [0.4, 0.5) is 0 Å². The second-order valence-corrected chi connectivity index (χ2v) is 2.17. The van der Waals surface area contributed by atoms with Gasteiger partial charge in [0.05, 0.1) is 0 Å². The van der Waals surface area contributed by atoms with Gasteiger partial charge in [0.2, 0.25) is 11.8 Å². The Morgan fingerprint density at radius 1 is 0.917 bits per heavy atom. The number of nitrogens with one attached hydrogen (secondary N) is 2. The number of rotatable bonds is 4. The third kappa shape index (κ3) is 5.63. The third-order valence-electron chi connectivity index (χ3n) is 1.08. The Bertz CT molecular complexity index is 142. The topological polar surface area (TPSA) is 110 Å². The van der Waals surface area contributed by atoms with Gasteiger partial charge in [-0.1, -0.05) is 0 Å². The van der Waals surface area contributed by atoms with E-state index in [-0.39, 0.29) is 37.7 Å². The van der Waals surface area contributed by atoms with E-state index >= 15 is 0 Å². The zero-order chi connectivity index (χ0) is 9.40. The van der Waals surface area contributed by atoms with Crippen molar-refractivity contribution >= 4 is 11.8 Å². The predicted octanol–water partition coefficient (Wildman–Crippen LogP) is -2.17. The number of amides is 2. The molecule has 0 aliphatic carbocycles. The maximum Gasteiger partial charge on any atom is 0.239 e. The molecular weight excluding hydrogens is 160 g/mol. The molecule has 0 aliphatic rings. The van der Waals surface area contributed by atoms with Crippen LogP contribution in [-0.2, 0) is 9.59 Å². The van der Waals surface area contributed by atoms with Crippen LogP contribution < -0.4 is 22.3 Å². The molecule has 12 heavy (non-hydrogen) atoms. The van der Waals surface area contributed by atoms with E-state index in [1.54, 1.807) is 0 Å². The molecule has 0 unspecified atom stereocenters. The Morgan fingerprint density at radius 3 is 1.50 bits per heavy atom. The standard InChI is InChI=1S/C6H14N4O2/c7-3-1-5(11)9-10-6(12)2-4-8/h1-4,7-8H2,(H,9,11)(H,10,12). The summed E-state index contributed by atoms with van der Waals surface area (Å²) in [7, 11) is 0. The van der Waals surface area contributed by atoms with Gasteiger partial charge in [-0.15, -0.1) is 0 Å². The van der Waals surface area contributed by atoms with E-state index in [9.17, 15) is 9.59 Å². The average Bonchev–Trinajstić information content (AvgIpc) is 2.02. The summed E-state index contributed by atoms with van der Waals surface area (Å²) in [5, 5.41) is 0. The molecule has 0 aromatic rings. The molecular formula is C6H14N4O2. The smallest absolute Gasteiger partial charge is 0.239 e. The van der Waals surface area contributed by atoms with Gasteiger partial charge in [0, 0.05) is 25.9 Å². The molecule has 0 heterocycles. The quantitative estimate of drug-likeness (QED) is 0.363. The van der Waals surface area contributed by atoms with Crippen LogP contribution in [-0.4, -0.2) is 24.9 Å². The van der Waals surface area contributed by atoms with Gasteiger partial charge >= 0.3 is 0 Å². The van der Waals surface area contributed by atoms with E-state index < -0.39 is 0 Å². The van der Waals surface area contributed by atoms with E-state index in [0.717, 1.165) is 0 Å². The molecule has 2 amide bonds. The molecule has 0 bridgehead atoms. The van der Waals surface area contributed by atoms with Crippen molar-refractivity contribution in [2.75, 3.05) is 13.1 Å². The molecule has 6 N–H and O–H groups in total. The van der Waals surface area contributed by atoms with Crippen LogP contribution in [0.2, 0.25) is 0 Å². The highest BCUT2D eigenvalue weighted by Gasteiger charge is 2.01. The van der Waals surface area contributed by atoms with E-state index in [4.69, 9.17) is 11.5 Å². The molecule has 0 aromatic carbocycles. The first kappa shape index (κ1) is 10.9. The van der Waals surface area contributed by atoms with E-state index in [0.29, 0.717) is 0 Å². The summed E-state index contributed by atoms with van der Waals surface area (Å²) in [4.78, 5) is 21.4. The van der Waals surface area contributed by atoms with Crippen molar-refractivity contribution in [2.24, 2.45) is 11.5 Å². The fraction of sp³-hybridized carbons (Fsp3) is 0.667. The SMILES string of the molecule is NCCC(=O)NNC(=O)CCN. The van der Waals surface area contributed by atoms with Crippen molar-refractivity contribution in [1.82, 2.24) is 10.9 Å². The Kier molecular flexibility index (Phi) is 5.94. The zero-order valence-corrected chi connectivity index (χ0v) is 6.80. The molecule has 0 saturated heterocycles. The van der Waals surface area contributed by atoms with Crippen LogP contribution in [0.1, 0.15) is 12.8 Å². The number of carbonyl (C=O) groups excluding carboxylic acids is 2. The van der Waals surface area contributed by atoms with Gasteiger partial charge in [0.25, 0.3) is 0 Å². The summed E-state index contributed by atoms with van der Waals surface area (Å²) >= 11 is 0. The van der Waals surface area contributed by atoms with E-state index in [1.165, 1.54) is 0 Å². The first-order valence-corrected chi connectivity index (χ1v) is 3.68. The summed E-state index contributed by atoms with van der Waals surface area (Å²) in [6.45, 7) is 0.525. The van der Waals surface area contributed by atoms with Gasteiger partial charge in [-0.2, -0.15) is 0 Å². The normalized spacial score (nSPS) is 9.17. The molecule has 70 valence electrons. The molecule has 6 heteroatoms. The maximum absolute atomic E-state index is 10.7. The fourth-order valence-electron chi connectivity index (χ4n) is 0.527. The lowest BCUT2D eigenvalue weighted by atomic mass is 10.4. The van der Waals surface area contributed by atoms with Crippen molar-refractivity contribution in [3.63, 3.8) is 0 Å². The Balaban J connectivity index is 3.40. The summed E-state index contributed by atoms with van der Waals surface area (Å²) < 4.78 is 0. The van der Waals surface area contributed by atoms with Gasteiger partial charge in [-0.05, 0) is 0 Å². The summed E-state index contributed by atoms with van der Waals surface area (Å²) in [5.41, 5.74) is 14.6. The van der Waals surface area contributed by atoms with Crippen molar-refractivity contribution < 1.29 is 9.59 Å². The van der Waals surface area contributed by atoms with Crippen molar-refractivity contribution in [1.29, 1.82) is 0 Å². The van der Waals surface area contributed by atoms with Crippen molar-refractivity contribution in [2.45, 2.75) is 12.8 Å². The first-order chi connectivity index (χ1) is 5.70. The lowest BCUT2D eigenvalue weighted by Gasteiger charge is -2.04. The third-order valence-corrected chi connectivity index (χ3v) is 1.08. The summed E-state index contributed by atoms with van der Waals surface area (Å²) in [5.74, 6) is -0.606. The molecule has 0 atom stereocenters. The van der Waals surface area contributed by atoms with Gasteiger partial charge in [0.1, 0.15) is 0 Å². The van der Waals surface area contributed by atoms with Gasteiger partial charge < -0.3 is 11.5 Å². The molecule has 0 aliphatic heterocycles. The summed E-state index contributed by atoms with van der Waals surface area (Å²) in [6.07, 6.45) is 0.395. The first-order valence-electron chi connectivity index (χ1n) is 3.68.